The van der Waals surface area contributed by atoms with Gasteiger partial charge in [0, 0.05) is 30.2 Å². The molecule has 0 saturated heterocycles. The van der Waals surface area contributed by atoms with Crippen LogP contribution in [-0.4, -0.2) is 35.1 Å². The van der Waals surface area contributed by atoms with Crippen molar-refractivity contribution in [2.45, 2.75) is 57.5 Å². The molecule has 200 valence electrons. The number of nitrogens with one attached hydrogen (secondary N) is 2. The monoisotopic (exact) mass is 536 g/mol. The van der Waals surface area contributed by atoms with Crippen molar-refractivity contribution >= 4 is 29.2 Å². The van der Waals surface area contributed by atoms with Crippen LogP contribution in [0.5, 0.6) is 0 Å². The van der Waals surface area contributed by atoms with E-state index < -0.39 is 11.9 Å². The van der Waals surface area contributed by atoms with E-state index in [0.29, 0.717) is 39.1 Å². The van der Waals surface area contributed by atoms with E-state index in [2.05, 4.69) is 34.0 Å². The minimum Gasteiger partial charge on any atom is -0.460 e. The number of aromatic amines is 1. The summed E-state index contributed by atoms with van der Waals surface area (Å²) in [6, 6.07) is 14.4. The van der Waals surface area contributed by atoms with Gasteiger partial charge < -0.3 is 19.9 Å². The zero-order chi connectivity index (χ0) is 27.4. The molecule has 1 aliphatic rings. The van der Waals surface area contributed by atoms with Crippen LogP contribution in [0.15, 0.2) is 69.8 Å². The van der Waals surface area contributed by atoms with E-state index in [0.717, 1.165) is 24.3 Å². The summed E-state index contributed by atoms with van der Waals surface area (Å²) in [5.74, 6) is -0.762. The molecule has 1 aliphatic heterocycles. The highest BCUT2D eigenvalue weighted by atomic mass is 32.2. The summed E-state index contributed by atoms with van der Waals surface area (Å²) in [5, 5.41) is 3.52. The van der Waals surface area contributed by atoms with Crippen LogP contribution in [0.1, 0.15) is 57.2 Å². The van der Waals surface area contributed by atoms with Gasteiger partial charge in [0.05, 0.1) is 23.2 Å². The van der Waals surface area contributed by atoms with Gasteiger partial charge in [-0.2, -0.15) is 0 Å². The molecule has 1 unspecified atom stereocenters. The Hall–Kier alpha value is -3.59. The first-order chi connectivity index (χ1) is 18.2. The molecular weight excluding hydrogens is 503 g/mol. The summed E-state index contributed by atoms with van der Waals surface area (Å²) in [6.07, 6.45) is -0.316. The molecule has 0 radical (unpaired) electrons. The van der Waals surface area contributed by atoms with Gasteiger partial charge in [-0.05, 0) is 63.9 Å². The highest BCUT2D eigenvalue weighted by Crippen LogP contribution is 2.41. The number of rotatable bonds is 9. The Morgan fingerprint density at radius 1 is 1.13 bits per heavy atom. The van der Waals surface area contributed by atoms with Gasteiger partial charge in [0.2, 0.25) is 0 Å². The van der Waals surface area contributed by atoms with Crippen molar-refractivity contribution < 1.29 is 13.9 Å². The van der Waals surface area contributed by atoms with Crippen molar-refractivity contribution in [3.8, 4) is 0 Å². The minimum absolute atomic E-state index is 0.307. The predicted molar refractivity (Wildman–Crippen MR) is 150 cm³/mol. The van der Waals surface area contributed by atoms with Crippen LogP contribution in [0.4, 0.5) is 15.9 Å². The number of nitrogens with zero attached hydrogens (tertiary/aromatic N) is 2. The maximum Gasteiger partial charge on any atom is 0.337 e. The fraction of sp³-hybridized carbons (Fsp3) is 0.345. The van der Waals surface area contributed by atoms with Crippen molar-refractivity contribution in [1.29, 1.82) is 0 Å². The number of halogens is 1. The first kappa shape index (κ1) is 27.4. The van der Waals surface area contributed by atoms with E-state index in [1.165, 1.54) is 17.8 Å². The average Bonchev–Trinajstić information content (AvgIpc) is 2.88. The van der Waals surface area contributed by atoms with Crippen molar-refractivity contribution in [2.24, 2.45) is 0 Å². The summed E-state index contributed by atoms with van der Waals surface area (Å²) in [4.78, 5) is 36.5. The fourth-order valence-corrected chi connectivity index (χ4v) is 5.46. The summed E-state index contributed by atoms with van der Waals surface area (Å²) >= 11 is 1.24. The predicted octanol–water partition coefficient (Wildman–Crippen LogP) is 5.83. The molecule has 0 spiro atoms. The molecule has 1 aromatic heterocycles. The smallest absolute Gasteiger partial charge is 0.337 e. The molecule has 2 heterocycles. The second-order valence-electron chi connectivity index (χ2n) is 9.33. The molecule has 2 N–H and O–H groups in total. The molecule has 7 nitrogen and oxygen atoms in total. The van der Waals surface area contributed by atoms with E-state index in [1.807, 2.05) is 24.3 Å². The number of hydrogen-bond donors (Lipinski definition) is 2. The Morgan fingerprint density at radius 3 is 2.45 bits per heavy atom. The third-order valence-corrected chi connectivity index (χ3v) is 7.38. The Bertz CT molecular complexity index is 1400. The quantitative estimate of drug-likeness (QED) is 0.202. The average molecular weight is 537 g/mol. The SMILES string of the molecule is CCN(CC)c1ccc(C2C(C(=O)OC(C)C)=C(C)Nc3nc(SCc4ccccc4F)[nH]c(=O)c32)cc1. The number of aromatic nitrogens is 2. The van der Waals surface area contributed by atoms with Crippen LogP contribution >= 0.6 is 11.8 Å². The van der Waals surface area contributed by atoms with Crippen LogP contribution in [0.2, 0.25) is 0 Å². The third-order valence-electron chi connectivity index (χ3n) is 6.46. The highest BCUT2D eigenvalue weighted by Gasteiger charge is 2.36. The number of ether oxygens (including phenoxy) is 1. The lowest BCUT2D eigenvalue weighted by Gasteiger charge is -2.30. The molecule has 0 bridgehead atoms. The zero-order valence-electron chi connectivity index (χ0n) is 22.3. The maximum absolute atomic E-state index is 14.1. The number of hydrogen-bond acceptors (Lipinski definition) is 7. The molecule has 0 fully saturated rings. The van der Waals surface area contributed by atoms with Crippen molar-refractivity contribution in [3.63, 3.8) is 0 Å². The number of H-pyrrole nitrogens is 1. The molecule has 4 rings (SSSR count). The van der Waals surface area contributed by atoms with Crippen LogP contribution in [0, 0.1) is 5.82 Å². The summed E-state index contributed by atoms with van der Waals surface area (Å²) in [7, 11) is 0. The number of thioether (sulfide) groups is 1. The number of esters is 1. The number of carbonyl (C=O) groups excluding carboxylic acids is 1. The second kappa shape index (κ2) is 11.9. The lowest BCUT2D eigenvalue weighted by atomic mass is 9.82. The number of carbonyl (C=O) groups is 1. The molecule has 2 aromatic carbocycles. The van der Waals surface area contributed by atoms with Crippen LogP contribution in [0.3, 0.4) is 0 Å². The van der Waals surface area contributed by atoms with Gasteiger partial charge in [0.1, 0.15) is 11.6 Å². The van der Waals surface area contributed by atoms with Crippen LogP contribution < -0.4 is 15.8 Å². The Kier molecular flexibility index (Phi) is 8.56. The van der Waals surface area contributed by atoms with Gasteiger partial charge in [-0.3, -0.25) is 4.79 Å². The number of fused-ring (bicyclic) bond motifs is 1. The fourth-order valence-electron chi connectivity index (χ4n) is 4.61. The summed E-state index contributed by atoms with van der Waals surface area (Å²) < 4.78 is 19.7. The molecule has 0 amide bonds. The first-order valence-electron chi connectivity index (χ1n) is 12.8. The lowest BCUT2D eigenvalue weighted by Crippen LogP contribution is -2.32. The molecule has 1 atom stereocenters. The van der Waals surface area contributed by atoms with Crippen molar-refractivity contribution in [1.82, 2.24) is 9.97 Å². The van der Waals surface area contributed by atoms with Crippen molar-refractivity contribution in [2.75, 3.05) is 23.3 Å². The van der Waals surface area contributed by atoms with Crippen molar-refractivity contribution in [3.05, 3.63) is 92.7 Å². The van der Waals surface area contributed by atoms with Crippen LogP contribution in [0.25, 0.3) is 0 Å². The van der Waals surface area contributed by atoms with E-state index in [1.54, 1.807) is 39.0 Å². The van der Waals surface area contributed by atoms with Gasteiger partial charge in [-0.25, -0.2) is 14.2 Å². The number of anilines is 2. The summed E-state index contributed by atoms with van der Waals surface area (Å²) in [5.41, 5.74) is 3.30. The largest absolute Gasteiger partial charge is 0.460 e. The second-order valence-corrected chi connectivity index (χ2v) is 10.3. The standard InChI is InChI=1S/C29H33FN4O3S/c1-6-34(7-2)21-14-12-19(13-15-21)24-23(28(36)37-17(3)4)18(5)31-26-25(24)27(35)33-29(32-26)38-16-20-10-8-9-11-22(20)30/h8-15,17,24H,6-7,16H2,1-5H3,(H2,31,32,33,35). The summed E-state index contributed by atoms with van der Waals surface area (Å²) in [6.45, 7) is 11.3. The Morgan fingerprint density at radius 2 is 1.82 bits per heavy atom. The molecule has 3 aromatic rings. The van der Waals surface area contributed by atoms with E-state index in [4.69, 9.17) is 4.74 Å². The zero-order valence-corrected chi connectivity index (χ0v) is 23.1. The third kappa shape index (κ3) is 5.78. The van der Waals surface area contributed by atoms with E-state index >= 15 is 0 Å². The molecular formula is C29H33FN4O3S. The molecule has 9 heteroatoms. The van der Waals surface area contributed by atoms with Gasteiger partial charge in [-0.15, -0.1) is 0 Å². The van der Waals surface area contributed by atoms with Gasteiger partial charge in [-0.1, -0.05) is 42.1 Å². The van der Waals surface area contributed by atoms with Gasteiger partial charge in [0.15, 0.2) is 5.16 Å². The normalized spacial score (nSPS) is 14.8. The first-order valence-corrected chi connectivity index (χ1v) is 13.8. The molecule has 38 heavy (non-hydrogen) atoms. The Labute approximate surface area is 226 Å². The highest BCUT2D eigenvalue weighted by molar-refractivity contribution is 7.98. The number of allylic oxidation sites excluding steroid dienone is 1. The number of benzene rings is 2. The van der Waals surface area contributed by atoms with E-state index in [-0.39, 0.29) is 17.5 Å². The van der Waals surface area contributed by atoms with Gasteiger partial charge >= 0.3 is 5.97 Å². The maximum atomic E-state index is 14.1. The molecule has 0 saturated carbocycles. The lowest BCUT2D eigenvalue weighted by molar-refractivity contribution is -0.143. The van der Waals surface area contributed by atoms with Crippen LogP contribution in [-0.2, 0) is 15.3 Å². The minimum atomic E-state index is -0.662. The topological polar surface area (TPSA) is 87.3 Å². The van der Waals surface area contributed by atoms with Gasteiger partial charge in [0.25, 0.3) is 5.56 Å². The van der Waals surface area contributed by atoms with E-state index in [9.17, 15) is 14.0 Å². The Balaban J connectivity index is 1.76. The molecule has 0 aliphatic carbocycles.